The van der Waals surface area contributed by atoms with Crippen LogP contribution in [0.15, 0.2) is 24.3 Å². The Labute approximate surface area is 108 Å². The molecule has 4 heteroatoms. The number of likely N-dealkylation sites (N-methyl/N-ethyl adjacent to an activating group) is 1. The molecule has 3 N–H and O–H groups in total. The van der Waals surface area contributed by atoms with Gasteiger partial charge in [0.25, 0.3) is 0 Å². The van der Waals surface area contributed by atoms with Crippen molar-refractivity contribution in [3.8, 4) is 5.75 Å². The van der Waals surface area contributed by atoms with Crippen LogP contribution in [0.2, 0.25) is 0 Å². The monoisotopic (exact) mass is 248 g/mol. The maximum absolute atomic E-state index is 11.3. The minimum Gasteiger partial charge on any atom is -0.491 e. The van der Waals surface area contributed by atoms with Crippen molar-refractivity contribution >= 4 is 17.7 Å². The lowest BCUT2D eigenvalue weighted by atomic mass is 10.1. The number of rotatable bonds is 6. The average Bonchev–Trinajstić information content (AvgIpc) is 2.35. The van der Waals surface area contributed by atoms with Crippen molar-refractivity contribution < 1.29 is 9.53 Å². The predicted molar refractivity (Wildman–Crippen MR) is 74.4 cm³/mol. The summed E-state index contributed by atoms with van der Waals surface area (Å²) in [6, 6.07) is 5.49. The third kappa shape index (κ3) is 4.49. The van der Waals surface area contributed by atoms with E-state index in [0.29, 0.717) is 24.6 Å². The summed E-state index contributed by atoms with van der Waals surface area (Å²) >= 11 is 0. The summed E-state index contributed by atoms with van der Waals surface area (Å²) in [5.41, 5.74) is 7.33. The molecule has 0 radical (unpaired) electrons. The number of nitrogen functional groups attached to an aromatic ring is 1. The molecule has 1 rings (SSSR count). The molecule has 0 unspecified atom stereocenters. The largest absolute Gasteiger partial charge is 0.491 e. The van der Waals surface area contributed by atoms with Crippen LogP contribution >= 0.6 is 0 Å². The Bertz CT molecular complexity index is 428. The SMILES string of the molecule is CCCOc1ccc(/C=C\C(=O)NCC)cc1N. The highest BCUT2D eigenvalue weighted by Crippen LogP contribution is 2.23. The van der Waals surface area contributed by atoms with Crippen molar-refractivity contribution in [2.75, 3.05) is 18.9 Å². The number of benzene rings is 1. The Morgan fingerprint density at radius 2 is 2.22 bits per heavy atom. The Morgan fingerprint density at radius 1 is 1.44 bits per heavy atom. The maximum atomic E-state index is 11.3. The van der Waals surface area contributed by atoms with Gasteiger partial charge in [-0.3, -0.25) is 4.79 Å². The van der Waals surface area contributed by atoms with E-state index < -0.39 is 0 Å². The summed E-state index contributed by atoms with van der Waals surface area (Å²) in [7, 11) is 0. The van der Waals surface area contributed by atoms with Crippen molar-refractivity contribution in [2.45, 2.75) is 20.3 Å². The quantitative estimate of drug-likeness (QED) is 0.599. The van der Waals surface area contributed by atoms with Gasteiger partial charge >= 0.3 is 0 Å². The summed E-state index contributed by atoms with van der Waals surface area (Å²) in [4.78, 5) is 11.3. The van der Waals surface area contributed by atoms with Gasteiger partial charge in [-0.1, -0.05) is 13.0 Å². The van der Waals surface area contributed by atoms with Crippen LogP contribution in [-0.2, 0) is 4.79 Å². The predicted octanol–water partition coefficient (Wildman–Crippen LogP) is 2.21. The van der Waals surface area contributed by atoms with E-state index in [1.165, 1.54) is 6.08 Å². The molecule has 0 aliphatic carbocycles. The van der Waals surface area contributed by atoms with Crippen molar-refractivity contribution in [1.82, 2.24) is 5.32 Å². The van der Waals surface area contributed by atoms with Crippen LogP contribution in [0, 0.1) is 0 Å². The van der Waals surface area contributed by atoms with Crippen LogP contribution in [0.5, 0.6) is 5.75 Å². The molecular formula is C14H20N2O2. The number of hydrogen-bond donors (Lipinski definition) is 2. The maximum Gasteiger partial charge on any atom is 0.243 e. The van der Waals surface area contributed by atoms with Crippen LogP contribution in [-0.4, -0.2) is 19.1 Å². The molecule has 0 atom stereocenters. The lowest BCUT2D eigenvalue weighted by molar-refractivity contribution is -0.116. The molecule has 0 bridgehead atoms. The van der Waals surface area contributed by atoms with Gasteiger partial charge in [0.15, 0.2) is 0 Å². The molecule has 1 aromatic carbocycles. The molecule has 18 heavy (non-hydrogen) atoms. The Hall–Kier alpha value is -1.97. The van der Waals surface area contributed by atoms with Crippen LogP contribution < -0.4 is 15.8 Å². The topological polar surface area (TPSA) is 64.3 Å². The van der Waals surface area contributed by atoms with Crippen LogP contribution in [0.25, 0.3) is 6.08 Å². The molecule has 0 saturated carbocycles. The number of carbonyl (C=O) groups is 1. The van der Waals surface area contributed by atoms with Gasteiger partial charge in [-0.05, 0) is 37.1 Å². The second-order valence-corrected chi connectivity index (χ2v) is 3.87. The molecule has 0 saturated heterocycles. The smallest absolute Gasteiger partial charge is 0.243 e. The number of amides is 1. The van der Waals surface area contributed by atoms with E-state index in [0.717, 1.165) is 12.0 Å². The number of anilines is 1. The highest BCUT2D eigenvalue weighted by molar-refractivity contribution is 5.91. The fourth-order valence-electron chi connectivity index (χ4n) is 1.42. The van der Waals surface area contributed by atoms with Gasteiger partial charge in [0.1, 0.15) is 5.75 Å². The lowest BCUT2D eigenvalue weighted by Gasteiger charge is -2.08. The van der Waals surface area contributed by atoms with Crippen LogP contribution in [0.3, 0.4) is 0 Å². The fraction of sp³-hybridized carbons (Fsp3) is 0.357. The molecule has 0 aromatic heterocycles. The lowest BCUT2D eigenvalue weighted by Crippen LogP contribution is -2.19. The molecule has 0 aliphatic heterocycles. The van der Waals surface area contributed by atoms with E-state index >= 15 is 0 Å². The van der Waals surface area contributed by atoms with E-state index in [2.05, 4.69) is 5.32 Å². The molecule has 0 fully saturated rings. The summed E-state index contributed by atoms with van der Waals surface area (Å²) < 4.78 is 5.48. The molecule has 1 aromatic rings. The number of ether oxygens (including phenoxy) is 1. The Balaban J connectivity index is 2.69. The Kier molecular flexibility index (Phi) is 5.77. The van der Waals surface area contributed by atoms with Crippen molar-refractivity contribution in [1.29, 1.82) is 0 Å². The van der Waals surface area contributed by atoms with E-state index in [1.807, 2.05) is 26.0 Å². The van der Waals surface area contributed by atoms with E-state index in [1.54, 1.807) is 12.1 Å². The zero-order valence-corrected chi connectivity index (χ0v) is 10.9. The summed E-state index contributed by atoms with van der Waals surface area (Å²) in [5.74, 6) is 0.578. The first-order valence-electron chi connectivity index (χ1n) is 6.15. The Morgan fingerprint density at radius 3 is 2.83 bits per heavy atom. The molecule has 0 heterocycles. The van der Waals surface area contributed by atoms with Gasteiger partial charge in [0, 0.05) is 12.6 Å². The summed E-state index contributed by atoms with van der Waals surface area (Å²) in [5, 5.41) is 2.69. The van der Waals surface area contributed by atoms with Gasteiger partial charge in [-0.15, -0.1) is 0 Å². The van der Waals surface area contributed by atoms with Gasteiger partial charge in [0.05, 0.1) is 12.3 Å². The molecule has 0 spiro atoms. The van der Waals surface area contributed by atoms with Crippen LogP contribution in [0.4, 0.5) is 5.69 Å². The molecule has 1 amide bonds. The molecule has 0 aliphatic rings. The number of hydrogen-bond acceptors (Lipinski definition) is 3. The van der Waals surface area contributed by atoms with Gasteiger partial charge in [-0.25, -0.2) is 0 Å². The first-order chi connectivity index (χ1) is 8.67. The normalized spacial score (nSPS) is 10.6. The first-order valence-corrected chi connectivity index (χ1v) is 6.15. The third-order valence-electron chi connectivity index (χ3n) is 2.27. The second-order valence-electron chi connectivity index (χ2n) is 3.87. The standard InChI is InChI=1S/C14H20N2O2/c1-3-9-18-13-7-5-11(10-12(13)15)6-8-14(17)16-4-2/h5-8,10H,3-4,9,15H2,1-2H3,(H,16,17)/b8-6-. The molecule has 4 nitrogen and oxygen atoms in total. The third-order valence-corrected chi connectivity index (χ3v) is 2.27. The van der Waals surface area contributed by atoms with E-state index in [4.69, 9.17) is 10.5 Å². The number of nitrogens with two attached hydrogens (primary N) is 1. The van der Waals surface area contributed by atoms with E-state index in [-0.39, 0.29) is 5.91 Å². The highest BCUT2D eigenvalue weighted by atomic mass is 16.5. The molecular weight excluding hydrogens is 228 g/mol. The minimum absolute atomic E-state index is 0.109. The van der Waals surface area contributed by atoms with Gasteiger partial charge in [0.2, 0.25) is 5.91 Å². The van der Waals surface area contributed by atoms with E-state index in [9.17, 15) is 4.79 Å². The number of nitrogens with one attached hydrogen (secondary N) is 1. The minimum atomic E-state index is -0.109. The molecule has 98 valence electrons. The van der Waals surface area contributed by atoms with Crippen molar-refractivity contribution in [3.63, 3.8) is 0 Å². The average molecular weight is 248 g/mol. The van der Waals surface area contributed by atoms with Crippen molar-refractivity contribution in [2.24, 2.45) is 0 Å². The zero-order valence-electron chi connectivity index (χ0n) is 10.9. The van der Waals surface area contributed by atoms with Crippen molar-refractivity contribution in [3.05, 3.63) is 29.8 Å². The van der Waals surface area contributed by atoms with Gasteiger partial charge < -0.3 is 15.8 Å². The van der Waals surface area contributed by atoms with Gasteiger partial charge in [-0.2, -0.15) is 0 Å². The first kappa shape index (κ1) is 14.1. The fourth-order valence-corrected chi connectivity index (χ4v) is 1.42. The van der Waals surface area contributed by atoms with Crippen LogP contribution in [0.1, 0.15) is 25.8 Å². The summed E-state index contributed by atoms with van der Waals surface area (Å²) in [6.07, 6.45) is 4.16. The zero-order chi connectivity index (χ0) is 13.4. The highest BCUT2D eigenvalue weighted by Gasteiger charge is 2.00. The second kappa shape index (κ2) is 7.37. The number of carbonyl (C=O) groups excluding carboxylic acids is 1. The summed E-state index contributed by atoms with van der Waals surface area (Å²) in [6.45, 7) is 5.19.